The van der Waals surface area contributed by atoms with Crippen molar-refractivity contribution in [2.45, 2.75) is 57.8 Å². The van der Waals surface area contributed by atoms with E-state index in [2.05, 4.69) is 9.80 Å². The maximum absolute atomic E-state index is 12.2. The fourth-order valence-corrected chi connectivity index (χ4v) is 3.09. The van der Waals surface area contributed by atoms with Gasteiger partial charge in [-0.15, -0.1) is 0 Å². The van der Waals surface area contributed by atoms with Crippen LogP contribution in [0.1, 0.15) is 57.8 Å². The van der Waals surface area contributed by atoms with Gasteiger partial charge in [0.15, 0.2) is 0 Å². The molecule has 0 radical (unpaired) electrons. The number of amides is 1. The molecule has 0 aliphatic carbocycles. The second-order valence-corrected chi connectivity index (χ2v) is 5.80. The fourth-order valence-electron chi connectivity index (χ4n) is 3.09. The van der Waals surface area contributed by atoms with Gasteiger partial charge in [-0.25, -0.2) is 0 Å². The average Bonchev–Trinajstić information content (AvgIpc) is 2.80. The first kappa shape index (κ1) is 13.9. The quantitative estimate of drug-likeness (QED) is 0.771. The Kier molecular flexibility index (Phi) is 5.98. The van der Waals surface area contributed by atoms with Crippen LogP contribution in [-0.2, 0) is 4.79 Å². The van der Waals surface area contributed by atoms with Gasteiger partial charge in [0.2, 0.25) is 5.91 Å². The molecule has 0 spiro atoms. The molecule has 3 nitrogen and oxygen atoms in total. The van der Waals surface area contributed by atoms with Crippen LogP contribution in [0.5, 0.6) is 0 Å². The van der Waals surface area contributed by atoms with E-state index >= 15 is 0 Å². The van der Waals surface area contributed by atoms with Crippen molar-refractivity contribution in [3.8, 4) is 0 Å². The van der Waals surface area contributed by atoms with Crippen molar-refractivity contribution >= 4 is 5.91 Å². The minimum atomic E-state index is 0.390. The zero-order chi connectivity index (χ0) is 12.6. The Morgan fingerprint density at radius 3 is 1.78 bits per heavy atom. The molecule has 0 unspecified atom stereocenters. The molecule has 18 heavy (non-hydrogen) atoms. The van der Waals surface area contributed by atoms with Crippen molar-refractivity contribution in [3.63, 3.8) is 0 Å². The third-order valence-corrected chi connectivity index (χ3v) is 4.30. The zero-order valence-corrected chi connectivity index (χ0v) is 11.7. The molecule has 0 N–H and O–H groups in total. The predicted molar refractivity (Wildman–Crippen MR) is 74.6 cm³/mol. The largest absolute Gasteiger partial charge is 0.343 e. The Morgan fingerprint density at radius 1 is 0.722 bits per heavy atom. The maximum atomic E-state index is 12.2. The summed E-state index contributed by atoms with van der Waals surface area (Å²) in [6.45, 7) is 5.38. The smallest absolute Gasteiger partial charge is 0.223 e. The first-order valence-corrected chi connectivity index (χ1v) is 7.86. The second-order valence-electron chi connectivity index (χ2n) is 5.80. The van der Waals surface area contributed by atoms with Gasteiger partial charge >= 0.3 is 0 Å². The lowest BCUT2D eigenvalue weighted by Gasteiger charge is -2.23. The topological polar surface area (TPSA) is 23.6 Å². The zero-order valence-electron chi connectivity index (χ0n) is 11.7. The molecule has 2 aliphatic rings. The van der Waals surface area contributed by atoms with Crippen LogP contribution in [0.15, 0.2) is 0 Å². The van der Waals surface area contributed by atoms with Crippen LogP contribution < -0.4 is 0 Å². The van der Waals surface area contributed by atoms with Crippen LogP contribution >= 0.6 is 0 Å². The normalized spacial score (nSPS) is 23.4. The Balaban J connectivity index is 1.69. The summed E-state index contributed by atoms with van der Waals surface area (Å²) in [4.78, 5) is 16.8. The van der Waals surface area contributed by atoms with Crippen molar-refractivity contribution in [3.05, 3.63) is 0 Å². The van der Waals surface area contributed by atoms with Gasteiger partial charge in [-0.05, 0) is 38.8 Å². The number of rotatable bonds is 3. The van der Waals surface area contributed by atoms with E-state index < -0.39 is 0 Å². The van der Waals surface area contributed by atoms with E-state index in [9.17, 15) is 4.79 Å². The van der Waals surface area contributed by atoms with Crippen LogP contribution in [0.25, 0.3) is 0 Å². The monoisotopic (exact) mass is 252 g/mol. The molecule has 2 rings (SSSR count). The lowest BCUT2D eigenvalue weighted by molar-refractivity contribution is -0.131. The van der Waals surface area contributed by atoms with Gasteiger partial charge < -0.3 is 9.80 Å². The van der Waals surface area contributed by atoms with E-state index in [1.807, 2.05) is 0 Å². The lowest BCUT2D eigenvalue weighted by atomic mass is 10.2. The molecule has 3 heteroatoms. The first-order chi connectivity index (χ1) is 8.86. The maximum Gasteiger partial charge on any atom is 0.223 e. The van der Waals surface area contributed by atoms with Gasteiger partial charge in [0.25, 0.3) is 0 Å². The molecular weight excluding hydrogens is 224 g/mol. The van der Waals surface area contributed by atoms with E-state index in [-0.39, 0.29) is 0 Å². The second kappa shape index (κ2) is 7.78. The van der Waals surface area contributed by atoms with E-state index in [1.54, 1.807) is 0 Å². The van der Waals surface area contributed by atoms with Crippen molar-refractivity contribution in [1.29, 1.82) is 0 Å². The molecule has 2 fully saturated rings. The van der Waals surface area contributed by atoms with Gasteiger partial charge in [-0.2, -0.15) is 0 Å². The minimum Gasteiger partial charge on any atom is -0.343 e. The number of carbonyl (C=O) groups is 1. The van der Waals surface area contributed by atoms with Crippen molar-refractivity contribution in [1.82, 2.24) is 9.80 Å². The molecule has 0 aromatic rings. The predicted octanol–water partition coefficient (Wildman–Crippen LogP) is 2.66. The van der Waals surface area contributed by atoms with Crippen LogP contribution in [-0.4, -0.2) is 48.4 Å². The molecule has 2 saturated heterocycles. The third kappa shape index (κ3) is 4.60. The van der Waals surface area contributed by atoms with Gasteiger partial charge in [0.05, 0.1) is 0 Å². The number of hydrogen-bond acceptors (Lipinski definition) is 2. The summed E-state index contributed by atoms with van der Waals surface area (Å²) in [6.07, 6.45) is 11.1. The van der Waals surface area contributed by atoms with E-state index in [0.29, 0.717) is 5.91 Å². The highest BCUT2D eigenvalue weighted by Crippen LogP contribution is 2.13. The fraction of sp³-hybridized carbons (Fsp3) is 0.933. The van der Waals surface area contributed by atoms with Crippen molar-refractivity contribution < 1.29 is 4.79 Å². The summed E-state index contributed by atoms with van der Waals surface area (Å²) in [7, 11) is 0. The minimum absolute atomic E-state index is 0.390. The standard InChI is InChI=1S/C15H28N2O/c18-15(17-12-7-3-4-8-13-17)9-14-16-10-5-1-2-6-11-16/h1-14H2. The Bertz CT molecular complexity index is 239. The van der Waals surface area contributed by atoms with Crippen LogP contribution in [0, 0.1) is 0 Å². The Morgan fingerprint density at radius 2 is 1.22 bits per heavy atom. The van der Waals surface area contributed by atoms with Crippen LogP contribution in [0.2, 0.25) is 0 Å². The molecule has 0 aromatic carbocycles. The highest BCUT2D eigenvalue weighted by Gasteiger charge is 2.17. The number of nitrogens with zero attached hydrogens (tertiary/aromatic N) is 2. The molecule has 2 aliphatic heterocycles. The summed E-state index contributed by atoms with van der Waals surface area (Å²) in [5.74, 6) is 0.390. The molecule has 104 valence electrons. The van der Waals surface area contributed by atoms with Crippen LogP contribution in [0.3, 0.4) is 0 Å². The molecule has 1 amide bonds. The highest BCUT2D eigenvalue weighted by molar-refractivity contribution is 5.76. The number of carbonyl (C=O) groups excluding carboxylic acids is 1. The third-order valence-electron chi connectivity index (χ3n) is 4.30. The molecule has 2 heterocycles. The lowest BCUT2D eigenvalue weighted by Crippen LogP contribution is -2.35. The SMILES string of the molecule is O=C(CCN1CCCCCC1)N1CCCCCC1. The van der Waals surface area contributed by atoms with Crippen molar-refractivity contribution in [2.24, 2.45) is 0 Å². The van der Waals surface area contributed by atoms with Gasteiger partial charge in [-0.1, -0.05) is 25.7 Å². The summed E-state index contributed by atoms with van der Waals surface area (Å²) < 4.78 is 0. The highest BCUT2D eigenvalue weighted by atomic mass is 16.2. The molecule has 0 atom stereocenters. The summed E-state index contributed by atoms with van der Waals surface area (Å²) >= 11 is 0. The Hall–Kier alpha value is -0.570. The first-order valence-electron chi connectivity index (χ1n) is 7.86. The van der Waals surface area contributed by atoms with Gasteiger partial charge in [0, 0.05) is 26.1 Å². The summed E-state index contributed by atoms with van der Waals surface area (Å²) in [6, 6.07) is 0. The summed E-state index contributed by atoms with van der Waals surface area (Å²) in [5.41, 5.74) is 0. The van der Waals surface area contributed by atoms with Gasteiger partial charge in [0.1, 0.15) is 0 Å². The summed E-state index contributed by atoms with van der Waals surface area (Å²) in [5, 5.41) is 0. The number of likely N-dealkylation sites (tertiary alicyclic amines) is 2. The van der Waals surface area contributed by atoms with E-state index in [4.69, 9.17) is 0 Å². The van der Waals surface area contributed by atoms with Crippen molar-refractivity contribution in [2.75, 3.05) is 32.7 Å². The number of hydrogen-bond donors (Lipinski definition) is 0. The van der Waals surface area contributed by atoms with E-state index in [1.165, 1.54) is 64.5 Å². The van der Waals surface area contributed by atoms with Gasteiger partial charge in [-0.3, -0.25) is 4.79 Å². The molecule has 0 saturated carbocycles. The molecule has 0 aromatic heterocycles. The molecular formula is C15H28N2O. The van der Waals surface area contributed by atoms with E-state index in [0.717, 1.165) is 26.1 Å². The Labute approximate surface area is 112 Å². The van der Waals surface area contributed by atoms with Crippen LogP contribution in [0.4, 0.5) is 0 Å². The molecule has 0 bridgehead atoms. The average molecular weight is 252 g/mol.